The van der Waals surface area contributed by atoms with E-state index in [1.54, 1.807) is 48.5 Å². The molecule has 15 nitrogen and oxygen atoms in total. The zero-order chi connectivity index (χ0) is 38.1. The highest BCUT2D eigenvalue weighted by atomic mass is 32.2. The van der Waals surface area contributed by atoms with Crippen LogP contribution in [0.5, 0.6) is 11.5 Å². The number of aromatic hydroxyl groups is 2. The summed E-state index contributed by atoms with van der Waals surface area (Å²) in [5.74, 6) is -3.18. The number of carboxylic acids is 1. The van der Waals surface area contributed by atoms with E-state index < -0.39 is 49.3 Å². The van der Waals surface area contributed by atoms with Crippen LogP contribution in [0, 0.1) is 0 Å². The molecule has 17 heteroatoms. The van der Waals surface area contributed by atoms with E-state index in [2.05, 4.69) is 24.8 Å². The summed E-state index contributed by atoms with van der Waals surface area (Å²) in [6.45, 7) is 0. The number of urea groups is 1. The number of carboxylic acid groups (broad SMARTS) is 1. The number of nitrogens with one attached hydrogen (secondary N) is 4. The minimum absolute atomic E-state index is 0.0174. The van der Waals surface area contributed by atoms with E-state index in [-0.39, 0.29) is 32.5 Å². The van der Waals surface area contributed by atoms with E-state index in [4.69, 9.17) is 0 Å². The van der Waals surface area contributed by atoms with E-state index in [0.29, 0.717) is 32.9 Å². The van der Waals surface area contributed by atoms with Crippen molar-refractivity contribution in [2.24, 2.45) is 0 Å². The van der Waals surface area contributed by atoms with Crippen LogP contribution in [0.15, 0.2) is 119 Å². The number of anilines is 4. The quantitative estimate of drug-likeness (QED) is 0.0619. The van der Waals surface area contributed by atoms with Gasteiger partial charge in [0.05, 0.1) is 16.9 Å². The van der Waals surface area contributed by atoms with Crippen molar-refractivity contribution < 1.29 is 51.3 Å². The molecule has 0 aliphatic heterocycles. The van der Waals surface area contributed by atoms with Crippen LogP contribution in [0.4, 0.5) is 27.5 Å². The van der Waals surface area contributed by atoms with Crippen LogP contribution in [0.2, 0.25) is 0 Å². The Bertz CT molecular complexity index is 2700. The molecule has 7 N–H and O–H groups in total. The molecule has 0 spiro atoms. The summed E-state index contributed by atoms with van der Waals surface area (Å²) >= 11 is 0. The zero-order valence-electron chi connectivity index (χ0n) is 27.3. The average Bonchev–Trinajstić information content (AvgIpc) is 3.11. The molecule has 0 saturated carbocycles. The van der Waals surface area contributed by atoms with Crippen LogP contribution >= 0.6 is 0 Å². The second-order valence-corrected chi connectivity index (χ2v) is 14.9. The zero-order valence-corrected chi connectivity index (χ0v) is 28.9. The molecule has 0 saturated heterocycles. The van der Waals surface area contributed by atoms with E-state index >= 15 is 0 Å². The van der Waals surface area contributed by atoms with Gasteiger partial charge >= 0.3 is 18.0 Å². The molecular weight excluding hydrogens is 729 g/mol. The van der Waals surface area contributed by atoms with Gasteiger partial charge in [-0.2, -0.15) is 0 Å². The Morgan fingerprint density at radius 2 is 0.943 bits per heavy atom. The second-order valence-electron chi connectivity index (χ2n) is 11.5. The van der Waals surface area contributed by atoms with E-state index in [9.17, 15) is 46.5 Å². The van der Waals surface area contributed by atoms with E-state index in [0.717, 1.165) is 31.4 Å². The normalized spacial score (nSPS) is 11.5. The predicted molar refractivity (Wildman–Crippen MR) is 197 cm³/mol. The number of aromatic carboxylic acids is 1. The molecule has 0 aliphatic rings. The number of carbonyl (C=O) groups is 3. The number of ether oxygens (including phenoxy) is 1. The molecule has 0 bridgehead atoms. The Morgan fingerprint density at radius 1 is 0.528 bits per heavy atom. The topological polar surface area (TPSA) is 238 Å². The van der Waals surface area contributed by atoms with Crippen molar-refractivity contribution >= 4 is 82.3 Å². The van der Waals surface area contributed by atoms with Gasteiger partial charge in [0.25, 0.3) is 20.0 Å². The molecule has 0 aliphatic carbocycles. The fourth-order valence-electron chi connectivity index (χ4n) is 5.30. The SMILES string of the molecule is COC(=O)c1cc(NS(=O)(=O)c2ccc3ccc(NC(=O)Nc4ccc5ccc(S(=O)(=O)Nc6ccc(O)c(C(=O)O)c6)cc5c4)cc3c2)ccc1O. The Labute approximate surface area is 301 Å². The Morgan fingerprint density at radius 3 is 1.40 bits per heavy atom. The first kappa shape index (κ1) is 36.0. The number of rotatable bonds is 10. The van der Waals surface area contributed by atoms with Gasteiger partial charge in [-0.05, 0) is 106 Å². The molecule has 6 aromatic carbocycles. The number of phenolic OH excluding ortho intramolecular Hbond substituents is 1. The van der Waals surface area contributed by atoms with Crippen LogP contribution < -0.4 is 20.1 Å². The lowest BCUT2D eigenvalue weighted by atomic mass is 10.1. The Kier molecular flexibility index (Phi) is 9.53. The van der Waals surface area contributed by atoms with Crippen LogP contribution in [-0.4, -0.2) is 57.2 Å². The molecule has 0 radical (unpaired) electrons. The van der Waals surface area contributed by atoms with Crippen molar-refractivity contribution in [3.05, 3.63) is 120 Å². The molecule has 2 amide bonds. The van der Waals surface area contributed by atoms with Crippen molar-refractivity contribution in [1.82, 2.24) is 0 Å². The van der Waals surface area contributed by atoms with E-state index in [1.165, 1.54) is 36.4 Å². The highest BCUT2D eigenvalue weighted by Crippen LogP contribution is 2.29. The van der Waals surface area contributed by atoms with Crippen molar-refractivity contribution in [3.8, 4) is 11.5 Å². The number of methoxy groups -OCH3 is 1. The first-order valence-corrected chi connectivity index (χ1v) is 18.3. The summed E-state index contributed by atoms with van der Waals surface area (Å²) in [6.07, 6.45) is 0. The Balaban J connectivity index is 1.17. The molecule has 0 aromatic heterocycles. The summed E-state index contributed by atoms with van der Waals surface area (Å²) in [7, 11) is -7.21. The fourth-order valence-corrected chi connectivity index (χ4v) is 7.47. The van der Waals surface area contributed by atoms with Crippen LogP contribution in [-0.2, 0) is 24.8 Å². The van der Waals surface area contributed by atoms with Crippen molar-refractivity contribution in [3.63, 3.8) is 0 Å². The molecule has 0 fully saturated rings. The third-order valence-corrected chi connectivity index (χ3v) is 10.7. The number of hydrogen-bond donors (Lipinski definition) is 7. The smallest absolute Gasteiger partial charge is 0.341 e. The third-order valence-electron chi connectivity index (χ3n) is 7.89. The van der Waals surface area contributed by atoms with Crippen LogP contribution in [0.25, 0.3) is 21.5 Å². The van der Waals surface area contributed by atoms with Gasteiger partial charge in [0, 0.05) is 22.7 Å². The molecule has 6 rings (SSSR count). The van der Waals surface area contributed by atoms with Crippen LogP contribution in [0.3, 0.4) is 0 Å². The third kappa shape index (κ3) is 7.90. The lowest BCUT2D eigenvalue weighted by Gasteiger charge is -2.12. The number of phenols is 2. The maximum Gasteiger partial charge on any atom is 0.341 e. The molecular formula is C36H28N4O11S2. The van der Waals surface area contributed by atoms with Gasteiger partial charge in [-0.3, -0.25) is 9.44 Å². The average molecular weight is 757 g/mol. The Hall–Kier alpha value is -6.85. The molecule has 53 heavy (non-hydrogen) atoms. The number of sulfonamides is 2. The maximum absolute atomic E-state index is 13.2. The largest absolute Gasteiger partial charge is 0.507 e. The minimum atomic E-state index is -4.18. The number of hydrogen-bond acceptors (Lipinski definition) is 10. The lowest BCUT2D eigenvalue weighted by Crippen LogP contribution is -2.19. The summed E-state index contributed by atoms with van der Waals surface area (Å²) < 4.78 is 62.0. The van der Waals surface area contributed by atoms with E-state index in [1.807, 2.05) is 0 Å². The summed E-state index contributed by atoms with van der Waals surface area (Å²) in [6, 6.07) is 24.6. The number of fused-ring (bicyclic) bond motifs is 2. The predicted octanol–water partition coefficient (Wildman–Crippen LogP) is 6.13. The number of carbonyl (C=O) groups excluding carboxylic acids is 2. The van der Waals surface area contributed by atoms with Gasteiger partial charge in [0.1, 0.15) is 22.6 Å². The van der Waals surface area contributed by atoms with Gasteiger partial charge < -0.3 is 30.7 Å². The van der Waals surface area contributed by atoms with Gasteiger partial charge in [-0.1, -0.05) is 24.3 Å². The van der Waals surface area contributed by atoms with Crippen molar-refractivity contribution in [2.45, 2.75) is 9.79 Å². The first-order valence-electron chi connectivity index (χ1n) is 15.3. The lowest BCUT2D eigenvalue weighted by molar-refractivity contribution is 0.0596. The van der Waals surface area contributed by atoms with Gasteiger partial charge in [0.2, 0.25) is 0 Å². The molecule has 0 heterocycles. The number of benzene rings is 6. The minimum Gasteiger partial charge on any atom is -0.507 e. The highest BCUT2D eigenvalue weighted by Gasteiger charge is 2.20. The van der Waals surface area contributed by atoms with Gasteiger partial charge in [-0.15, -0.1) is 0 Å². The molecule has 6 aromatic rings. The highest BCUT2D eigenvalue weighted by molar-refractivity contribution is 7.93. The maximum atomic E-state index is 13.2. The first-order chi connectivity index (χ1) is 25.1. The fraction of sp³-hybridized carbons (Fsp3) is 0.0278. The monoisotopic (exact) mass is 756 g/mol. The molecule has 0 atom stereocenters. The number of amides is 2. The van der Waals surface area contributed by atoms with Gasteiger partial charge in [-0.25, -0.2) is 31.2 Å². The summed E-state index contributed by atoms with van der Waals surface area (Å²) in [5.41, 5.74) is -0.0915. The molecule has 0 unspecified atom stereocenters. The van der Waals surface area contributed by atoms with Crippen molar-refractivity contribution in [1.29, 1.82) is 0 Å². The number of esters is 1. The van der Waals surface area contributed by atoms with Crippen LogP contribution in [0.1, 0.15) is 20.7 Å². The standard InChI is InChI=1S/C36H28N4O11S2/c1-51-35(45)31-19-27(9-13-33(31)42)40-53(49,50)29-11-5-21-3-7-25(15-23(21)17-29)38-36(46)37-24-6-2-20-4-10-28(16-22(20)14-24)52(47,48)39-26-8-12-32(41)30(18-26)34(43)44/h2-19,39-42H,1H3,(H,43,44)(H2,37,38,46). The van der Waals surface area contributed by atoms with Gasteiger partial charge in [0.15, 0.2) is 0 Å². The van der Waals surface area contributed by atoms with Crippen molar-refractivity contribution in [2.75, 3.05) is 27.2 Å². The summed E-state index contributed by atoms with van der Waals surface area (Å²) in [4.78, 5) is 36.0. The second kappa shape index (κ2) is 14.0. The summed E-state index contributed by atoms with van der Waals surface area (Å²) in [5, 5.41) is 36.6. The molecule has 270 valence electrons.